The van der Waals surface area contributed by atoms with Crippen LogP contribution in [0.25, 0.3) is 0 Å². The summed E-state index contributed by atoms with van der Waals surface area (Å²) in [4.78, 5) is 35.8. The van der Waals surface area contributed by atoms with Crippen LogP contribution in [0.1, 0.15) is 6.42 Å². The van der Waals surface area contributed by atoms with Gasteiger partial charge in [-0.1, -0.05) is 36.4 Å². The molecular formula is C20H22N2O6S. The third kappa shape index (κ3) is 8.56. The van der Waals surface area contributed by atoms with E-state index in [-0.39, 0.29) is 19.6 Å². The molecule has 0 aromatic heterocycles. The van der Waals surface area contributed by atoms with Gasteiger partial charge in [-0.3, -0.25) is 0 Å². The molecule has 0 bridgehead atoms. The number of carbonyl (C=O) groups is 3. The predicted octanol–water partition coefficient (Wildman–Crippen LogP) is 2.80. The minimum Gasteiger partial charge on any atom is -0.462 e. The maximum atomic E-state index is 12.2. The number of hydrogen-bond donors (Lipinski definition) is 3. The first-order valence-corrected chi connectivity index (χ1v) is 9.53. The Kier molecular flexibility index (Phi) is 9.37. The fourth-order valence-corrected chi connectivity index (χ4v) is 2.44. The zero-order valence-electron chi connectivity index (χ0n) is 15.6. The molecule has 0 aliphatic heterocycles. The second kappa shape index (κ2) is 12.3. The van der Waals surface area contributed by atoms with E-state index < -0.39 is 24.2 Å². The largest absolute Gasteiger partial charge is 0.462 e. The van der Waals surface area contributed by atoms with Crippen LogP contribution in [-0.4, -0.2) is 43.1 Å². The molecule has 0 aliphatic rings. The van der Waals surface area contributed by atoms with Crippen molar-refractivity contribution in [2.24, 2.45) is 0 Å². The van der Waals surface area contributed by atoms with Gasteiger partial charge in [-0.15, -0.1) is 0 Å². The van der Waals surface area contributed by atoms with E-state index in [1.54, 1.807) is 60.7 Å². The van der Waals surface area contributed by atoms with Crippen LogP contribution in [0.4, 0.5) is 9.59 Å². The Balaban J connectivity index is 1.71. The van der Waals surface area contributed by atoms with Crippen LogP contribution >= 0.6 is 12.6 Å². The summed E-state index contributed by atoms with van der Waals surface area (Å²) >= 11 is 4.09. The molecule has 1 atom stereocenters. The predicted molar refractivity (Wildman–Crippen MR) is 109 cm³/mol. The fraction of sp³-hybridized carbons (Fsp3) is 0.250. The molecule has 1 unspecified atom stereocenters. The summed E-state index contributed by atoms with van der Waals surface area (Å²) in [6, 6.07) is 16.1. The molecule has 0 spiro atoms. The molecule has 8 nitrogen and oxygen atoms in total. The van der Waals surface area contributed by atoms with Crippen molar-refractivity contribution in [3.63, 3.8) is 0 Å². The topological polar surface area (TPSA) is 103 Å². The number of esters is 1. The average Bonchev–Trinajstić information content (AvgIpc) is 2.72. The molecule has 2 aromatic rings. The molecule has 0 aliphatic carbocycles. The van der Waals surface area contributed by atoms with Crippen molar-refractivity contribution >= 4 is 30.8 Å². The minimum atomic E-state index is -0.917. The number of rotatable bonds is 9. The van der Waals surface area contributed by atoms with Gasteiger partial charge in [-0.2, -0.15) is 12.6 Å². The van der Waals surface area contributed by atoms with Crippen LogP contribution in [0, 0.1) is 0 Å². The highest BCUT2D eigenvalue weighted by atomic mass is 32.1. The highest BCUT2D eigenvalue weighted by Gasteiger charge is 2.22. The number of hydrogen-bond acceptors (Lipinski definition) is 7. The number of benzene rings is 2. The van der Waals surface area contributed by atoms with Gasteiger partial charge in [0.05, 0.1) is 6.54 Å². The van der Waals surface area contributed by atoms with Crippen LogP contribution < -0.4 is 20.1 Å². The Morgan fingerprint density at radius 2 is 1.41 bits per heavy atom. The van der Waals surface area contributed by atoms with Gasteiger partial charge < -0.3 is 24.8 Å². The van der Waals surface area contributed by atoms with Gasteiger partial charge in [0.25, 0.3) is 0 Å². The molecule has 9 heteroatoms. The standard InChI is InChI=1S/C20H22N2O6S/c23-18(26-13-12-21-19(24)27-15-7-3-1-4-8-15)17(11-14-29)22-20(25)28-16-9-5-2-6-10-16/h1-10,17,29H,11-14H2,(H,21,24)(H,22,25). The number of ether oxygens (including phenoxy) is 3. The monoisotopic (exact) mass is 418 g/mol. The quantitative estimate of drug-likeness (QED) is 0.329. The normalized spacial score (nSPS) is 11.1. The molecule has 154 valence electrons. The lowest BCUT2D eigenvalue weighted by atomic mass is 10.2. The first-order valence-electron chi connectivity index (χ1n) is 8.90. The first kappa shape index (κ1) is 22.1. The van der Waals surface area contributed by atoms with E-state index in [4.69, 9.17) is 14.2 Å². The molecule has 0 heterocycles. The van der Waals surface area contributed by atoms with Gasteiger partial charge in [-0.05, 0) is 36.4 Å². The van der Waals surface area contributed by atoms with Crippen LogP contribution in [0.5, 0.6) is 11.5 Å². The van der Waals surface area contributed by atoms with E-state index in [0.717, 1.165) is 0 Å². The van der Waals surface area contributed by atoms with Crippen LogP contribution in [0.3, 0.4) is 0 Å². The highest BCUT2D eigenvalue weighted by Crippen LogP contribution is 2.09. The van der Waals surface area contributed by atoms with Crippen LogP contribution in [-0.2, 0) is 9.53 Å². The zero-order valence-corrected chi connectivity index (χ0v) is 16.5. The second-order valence-corrected chi connectivity index (χ2v) is 6.16. The van der Waals surface area contributed by atoms with E-state index >= 15 is 0 Å². The third-order valence-corrected chi connectivity index (χ3v) is 3.78. The summed E-state index contributed by atoms with van der Waals surface area (Å²) in [7, 11) is 0. The zero-order chi connectivity index (χ0) is 20.9. The smallest absolute Gasteiger partial charge is 0.413 e. The van der Waals surface area contributed by atoms with E-state index in [9.17, 15) is 14.4 Å². The molecule has 2 rings (SSSR count). The minimum absolute atomic E-state index is 0.0550. The molecular weight excluding hydrogens is 396 g/mol. The number of thiol groups is 1. The van der Waals surface area contributed by atoms with Crippen molar-refractivity contribution in [2.75, 3.05) is 18.9 Å². The maximum absolute atomic E-state index is 12.2. The van der Waals surface area contributed by atoms with Crippen molar-refractivity contribution < 1.29 is 28.6 Å². The summed E-state index contributed by atoms with van der Waals surface area (Å²) in [6.45, 7) is -0.0271. The number of amides is 2. The summed E-state index contributed by atoms with van der Waals surface area (Å²) in [6.07, 6.45) is -1.18. The van der Waals surface area contributed by atoms with Gasteiger partial charge in [0.2, 0.25) is 0 Å². The van der Waals surface area contributed by atoms with Crippen LogP contribution in [0.15, 0.2) is 60.7 Å². The van der Waals surface area contributed by atoms with Gasteiger partial charge in [0, 0.05) is 0 Å². The Labute approximate surface area is 173 Å². The third-order valence-electron chi connectivity index (χ3n) is 3.52. The Bertz CT molecular complexity index is 788. The summed E-state index contributed by atoms with van der Waals surface area (Å²) in [5, 5.41) is 4.92. The number of carbonyl (C=O) groups excluding carboxylic acids is 3. The van der Waals surface area contributed by atoms with Gasteiger partial charge >= 0.3 is 18.2 Å². The Morgan fingerprint density at radius 1 is 0.862 bits per heavy atom. The van der Waals surface area contributed by atoms with E-state index in [0.29, 0.717) is 17.3 Å². The molecule has 0 radical (unpaired) electrons. The van der Waals surface area contributed by atoms with Gasteiger partial charge in [0.1, 0.15) is 24.1 Å². The molecule has 0 fully saturated rings. The molecule has 2 N–H and O–H groups in total. The van der Waals surface area contributed by atoms with E-state index in [1.165, 1.54) is 0 Å². The fourth-order valence-electron chi connectivity index (χ4n) is 2.18. The van der Waals surface area contributed by atoms with Crippen molar-refractivity contribution in [3.05, 3.63) is 60.7 Å². The molecule has 2 amide bonds. The lowest BCUT2D eigenvalue weighted by Crippen LogP contribution is -2.44. The number of para-hydroxylation sites is 2. The Morgan fingerprint density at radius 3 is 1.97 bits per heavy atom. The molecule has 0 saturated heterocycles. The Hall–Kier alpha value is -3.20. The molecule has 0 saturated carbocycles. The van der Waals surface area contributed by atoms with Crippen molar-refractivity contribution in [1.29, 1.82) is 0 Å². The van der Waals surface area contributed by atoms with E-state index in [2.05, 4.69) is 23.3 Å². The number of nitrogens with one attached hydrogen (secondary N) is 2. The summed E-state index contributed by atoms with van der Waals surface area (Å²) in [5.41, 5.74) is 0. The van der Waals surface area contributed by atoms with Crippen molar-refractivity contribution in [3.8, 4) is 11.5 Å². The van der Waals surface area contributed by atoms with Crippen molar-refractivity contribution in [1.82, 2.24) is 10.6 Å². The second-order valence-electron chi connectivity index (χ2n) is 5.71. The van der Waals surface area contributed by atoms with Crippen LogP contribution in [0.2, 0.25) is 0 Å². The van der Waals surface area contributed by atoms with E-state index in [1.807, 2.05) is 0 Å². The van der Waals surface area contributed by atoms with Gasteiger partial charge in [-0.25, -0.2) is 14.4 Å². The molecule has 2 aromatic carbocycles. The lowest BCUT2D eigenvalue weighted by Gasteiger charge is -2.16. The lowest BCUT2D eigenvalue weighted by molar-refractivity contribution is -0.145. The molecule has 29 heavy (non-hydrogen) atoms. The average molecular weight is 418 g/mol. The van der Waals surface area contributed by atoms with Crippen molar-refractivity contribution in [2.45, 2.75) is 12.5 Å². The SMILES string of the molecule is O=C(NCCOC(=O)C(CCS)NC(=O)Oc1ccccc1)Oc1ccccc1. The first-order chi connectivity index (χ1) is 14.1. The maximum Gasteiger partial charge on any atom is 0.413 e. The van der Waals surface area contributed by atoms with Gasteiger partial charge in [0.15, 0.2) is 0 Å². The summed E-state index contributed by atoms with van der Waals surface area (Å²) in [5.74, 6) is 0.455. The summed E-state index contributed by atoms with van der Waals surface area (Å²) < 4.78 is 15.2. The highest BCUT2D eigenvalue weighted by molar-refractivity contribution is 7.80.